The van der Waals surface area contributed by atoms with Gasteiger partial charge in [-0.1, -0.05) is 6.92 Å². The van der Waals surface area contributed by atoms with Crippen molar-refractivity contribution in [2.45, 2.75) is 13.3 Å². The topological polar surface area (TPSA) is 90.1 Å². The molecular weight excluding hydrogens is 256 g/mol. The Hall–Kier alpha value is -2.63. The number of hydrogen-bond donors (Lipinski definition) is 2. The van der Waals surface area contributed by atoms with E-state index in [-0.39, 0.29) is 17.4 Å². The van der Waals surface area contributed by atoms with Crippen molar-refractivity contribution in [2.75, 3.05) is 17.7 Å². The molecule has 3 N–H and O–H groups in total. The largest absolute Gasteiger partial charge is 0.494 e. The van der Waals surface area contributed by atoms with Gasteiger partial charge in [0.1, 0.15) is 17.3 Å². The summed E-state index contributed by atoms with van der Waals surface area (Å²) in [4.78, 5) is 19.7. The van der Waals surface area contributed by atoms with Gasteiger partial charge in [-0.2, -0.15) is 0 Å². The molecule has 0 aliphatic carbocycles. The molecule has 0 aliphatic rings. The number of nitrogen functional groups attached to an aromatic ring is 1. The molecule has 0 fully saturated rings. The monoisotopic (exact) mass is 272 g/mol. The summed E-state index contributed by atoms with van der Waals surface area (Å²) in [6.07, 6.45) is 3.70. The van der Waals surface area contributed by atoms with Crippen LogP contribution in [0.5, 0.6) is 5.75 Å². The highest BCUT2D eigenvalue weighted by Gasteiger charge is 2.08. The first-order valence-electron chi connectivity index (χ1n) is 6.31. The van der Waals surface area contributed by atoms with Crippen LogP contribution in [0.4, 0.5) is 11.5 Å². The van der Waals surface area contributed by atoms with Crippen LogP contribution < -0.4 is 15.8 Å². The summed E-state index contributed by atoms with van der Waals surface area (Å²) in [5.74, 6) is 0.626. The zero-order valence-corrected chi connectivity index (χ0v) is 11.2. The summed E-state index contributed by atoms with van der Waals surface area (Å²) in [7, 11) is 0. The van der Waals surface area contributed by atoms with Gasteiger partial charge in [-0.3, -0.25) is 9.78 Å². The Balaban J connectivity index is 2.01. The number of nitrogens with two attached hydrogens (primary N) is 1. The van der Waals surface area contributed by atoms with Gasteiger partial charge in [0, 0.05) is 5.69 Å². The Morgan fingerprint density at radius 1 is 1.30 bits per heavy atom. The third-order valence-corrected chi connectivity index (χ3v) is 2.47. The van der Waals surface area contributed by atoms with E-state index in [4.69, 9.17) is 10.5 Å². The quantitative estimate of drug-likeness (QED) is 0.869. The minimum Gasteiger partial charge on any atom is -0.494 e. The van der Waals surface area contributed by atoms with E-state index in [0.717, 1.165) is 12.2 Å². The summed E-state index contributed by atoms with van der Waals surface area (Å²) < 4.78 is 5.46. The van der Waals surface area contributed by atoms with Gasteiger partial charge in [-0.15, -0.1) is 0 Å². The minimum absolute atomic E-state index is 0.177. The van der Waals surface area contributed by atoms with Crippen LogP contribution in [0.3, 0.4) is 0 Å². The molecule has 2 rings (SSSR count). The predicted octanol–water partition coefficient (Wildman–Crippen LogP) is 2.10. The number of aromatic nitrogens is 2. The van der Waals surface area contributed by atoms with Crippen molar-refractivity contribution in [2.24, 2.45) is 0 Å². The van der Waals surface area contributed by atoms with Gasteiger partial charge in [0.25, 0.3) is 5.91 Å². The molecule has 0 atom stereocenters. The van der Waals surface area contributed by atoms with Crippen LogP contribution in [0.15, 0.2) is 36.7 Å². The summed E-state index contributed by atoms with van der Waals surface area (Å²) in [6, 6.07) is 7.14. The molecule has 104 valence electrons. The standard InChI is InChI=1S/C14H16N4O2/c1-2-7-20-11-5-3-10(4-6-11)17-14(19)12-8-16-9-13(15)18-12/h3-6,8-9H,2,7H2,1H3,(H2,15,18)(H,17,19). The molecule has 0 saturated carbocycles. The highest BCUT2D eigenvalue weighted by Crippen LogP contribution is 2.16. The van der Waals surface area contributed by atoms with Crippen LogP contribution in [-0.2, 0) is 0 Å². The van der Waals surface area contributed by atoms with E-state index in [2.05, 4.69) is 15.3 Å². The van der Waals surface area contributed by atoms with Crippen molar-refractivity contribution in [3.8, 4) is 5.75 Å². The summed E-state index contributed by atoms with van der Waals surface area (Å²) in [5.41, 5.74) is 6.32. The fraction of sp³-hybridized carbons (Fsp3) is 0.214. The van der Waals surface area contributed by atoms with E-state index < -0.39 is 0 Å². The highest BCUT2D eigenvalue weighted by molar-refractivity contribution is 6.02. The molecule has 0 unspecified atom stereocenters. The first-order valence-corrected chi connectivity index (χ1v) is 6.31. The van der Waals surface area contributed by atoms with E-state index in [9.17, 15) is 4.79 Å². The van der Waals surface area contributed by atoms with Crippen molar-refractivity contribution in [3.05, 3.63) is 42.4 Å². The van der Waals surface area contributed by atoms with Gasteiger partial charge in [0.15, 0.2) is 0 Å². The Kier molecular flexibility index (Phi) is 4.49. The minimum atomic E-state index is -0.355. The first kappa shape index (κ1) is 13.8. The summed E-state index contributed by atoms with van der Waals surface area (Å²) in [5, 5.41) is 2.72. The van der Waals surface area contributed by atoms with E-state index in [1.165, 1.54) is 12.4 Å². The second-order valence-electron chi connectivity index (χ2n) is 4.16. The molecule has 0 aliphatic heterocycles. The van der Waals surface area contributed by atoms with Crippen molar-refractivity contribution in [1.29, 1.82) is 0 Å². The Bertz CT molecular complexity index is 584. The van der Waals surface area contributed by atoms with Crippen LogP contribution in [0.2, 0.25) is 0 Å². The number of anilines is 2. The number of rotatable bonds is 5. The Labute approximate surface area is 117 Å². The van der Waals surface area contributed by atoms with Crippen molar-refractivity contribution in [1.82, 2.24) is 9.97 Å². The normalized spacial score (nSPS) is 10.1. The number of carbonyl (C=O) groups excluding carboxylic acids is 1. The fourth-order valence-electron chi connectivity index (χ4n) is 1.54. The number of benzene rings is 1. The molecule has 20 heavy (non-hydrogen) atoms. The third-order valence-electron chi connectivity index (χ3n) is 2.47. The average molecular weight is 272 g/mol. The lowest BCUT2D eigenvalue weighted by Gasteiger charge is -2.07. The molecule has 2 aromatic rings. The van der Waals surface area contributed by atoms with E-state index in [1.54, 1.807) is 24.3 Å². The molecule has 0 saturated heterocycles. The fourth-order valence-corrected chi connectivity index (χ4v) is 1.54. The number of hydrogen-bond acceptors (Lipinski definition) is 5. The van der Waals surface area contributed by atoms with E-state index in [0.29, 0.717) is 12.3 Å². The Morgan fingerprint density at radius 2 is 2.05 bits per heavy atom. The van der Waals surface area contributed by atoms with Crippen LogP contribution in [0, 0.1) is 0 Å². The molecule has 1 amide bonds. The number of amides is 1. The van der Waals surface area contributed by atoms with Crippen molar-refractivity contribution >= 4 is 17.4 Å². The molecule has 1 aromatic heterocycles. The summed E-state index contributed by atoms with van der Waals surface area (Å²) >= 11 is 0. The van der Waals surface area contributed by atoms with Crippen LogP contribution >= 0.6 is 0 Å². The lowest BCUT2D eigenvalue weighted by Crippen LogP contribution is -2.14. The SMILES string of the molecule is CCCOc1ccc(NC(=O)c2cncc(N)n2)cc1. The van der Waals surface area contributed by atoms with Crippen LogP contribution in [0.25, 0.3) is 0 Å². The van der Waals surface area contributed by atoms with Gasteiger partial charge in [0.2, 0.25) is 0 Å². The van der Waals surface area contributed by atoms with Crippen LogP contribution in [0.1, 0.15) is 23.8 Å². The van der Waals surface area contributed by atoms with Gasteiger partial charge in [0.05, 0.1) is 19.0 Å². The maximum atomic E-state index is 11.9. The van der Waals surface area contributed by atoms with Gasteiger partial charge < -0.3 is 15.8 Å². The molecular formula is C14H16N4O2. The molecule has 6 nitrogen and oxygen atoms in total. The van der Waals surface area contributed by atoms with Gasteiger partial charge in [-0.05, 0) is 30.7 Å². The second kappa shape index (κ2) is 6.51. The second-order valence-corrected chi connectivity index (χ2v) is 4.16. The van der Waals surface area contributed by atoms with Crippen molar-refractivity contribution < 1.29 is 9.53 Å². The zero-order chi connectivity index (χ0) is 14.4. The summed E-state index contributed by atoms with van der Waals surface area (Å²) in [6.45, 7) is 2.71. The Morgan fingerprint density at radius 3 is 2.70 bits per heavy atom. The average Bonchev–Trinajstić information content (AvgIpc) is 2.46. The highest BCUT2D eigenvalue weighted by atomic mass is 16.5. The lowest BCUT2D eigenvalue weighted by atomic mass is 10.3. The molecule has 1 heterocycles. The maximum absolute atomic E-state index is 11.9. The first-order chi connectivity index (χ1) is 9.69. The molecule has 0 bridgehead atoms. The lowest BCUT2D eigenvalue weighted by molar-refractivity contribution is 0.102. The molecule has 0 radical (unpaired) electrons. The van der Waals surface area contributed by atoms with E-state index >= 15 is 0 Å². The molecule has 6 heteroatoms. The van der Waals surface area contributed by atoms with Gasteiger partial charge in [-0.25, -0.2) is 4.98 Å². The maximum Gasteiger partial charge on any atom is 0.275 e. The van der Waals surface area contributed by atoms with E-state index in [1.807, 2.05) is 6.92 Å². The number of ether oxygens (including phenoxy) is 1. The zero-order valence-electron chi connectivity index (χ0n) is 11.2. The number of carbonyl (C=O) groups is 1. The van der Waals surface area contributed by atoms with Crippen LogP contribution in [-0.4, -0.2) is 22.5 Å². The molecule has 1 aromatic carbocycles. The van der Waals surface area contributed by atoms with Crippen molar-refractivity contribution in [3.63, 3.8) is 0 Å². The number of nitrogens with zero attached hydrogens (tertiary/aromatic N) is 2. The smallest absolute Gasteiger partial charge is 0.275 e. The predicted molar refractivity (Wildman–Crippen MR) is 76.6 cm³/mol. The van der Waals surface area contributed by atoms with Gasteiger partial charge >= 0.3 is 0 Å². The molecule has 0 spiro atoms. The number of nitrogens with one attached hydrogen (secondary N) is 1. The third kappa shape index (κ3) is 3.68.